The molecule has 0 saturated carbocycles. The number of rotatable bonds is 2. The third-order valence-corrected chi connectivity index (χ3v) is 2.21. The van der Waals surface area contributed by atoms with Gasteiger partial charge < -0.3 is 10.5 Å². The molecule has 0 bridgehead atoms. The van der Waals surface area contributed by atoms with Gasteiger partial charge in [0.15, 0.2) is 11.6 Å². The van der Waals surface area contributed by atoms with Gasteiger partial charge in [0, 0.05) is 16.8 Å². The van der Waals surface area contributed by atoms with Crippen LogP contribution >= 0.6 is 11.6 Å². The molecular formula is C12H9ClFNO. The van der Waals surface area contributed by atoms with Crippen LogP contribution in [0.5, 0.6) is 11.5 Å². The minimum absolute atomic E-state index is 0.122. The Kier molecular flexibility index (Phi) is 2.97. The molecule has 0 fully saturated rings. The monoisotopic (exact) mass is 237 g/mol. The quantitative estimate of drug-likeness (QED) is 0.805. The van der Waals surface area contributed by atoms with E-state index in [1.165, 1.54) is 12.1 Å². The van der Waals surface area contributed by atoms with Crippen molar-refractivity contribution in [3.05, 3.63) is 53.3 Å². The summed E-state index contributed by atoms with van der Waals surface area (Å²) >= 11 is 5.78. The van der Waals surface area contributed by atoms with Crippen LogP contribution in [0.25, 0.3) is 0 Å². The highest BCUT2D eigenvalue weighted by Crippen LogP contribution is 2.27. The summed E-state index contributed by atoms with van der Waals surface area (Å²) in [5, 5.41) is 0.536. The van der Waals surface area contributed by atoms with E-state index in [1.807, 2.05) is 0 Å². The highest BCUT2D eigenvalue weighted by molar-refractivity contribution is 6.30. The van der Waals surface area contributed by atoms with Crippen LogP contribution in [-0.4, -0.2) is 0 Å². The Morgan fingerprint density at radius 1 is 1.12 bits per heavy atom. The van der Waals surface area contributed by atoms with Crippen LogP contribution in [0.4, 0.5) is 10.1 Å². The van der Waals surface area contributed by atoms with Crippen molar-refractivity contribution in [2.75, 3.05) is 5.73 Å². The Labute approximate surface area is 97.4 Å². The summed E-state index contributed by atoms with van der Waals surface area (Å²) in [4.78, 5) is 0. The topological polar surface area (TPSA) is 35.2 Å². The molecule has 0 radical (unpaired) electrons. The van der Waals surface area contributed by atoms with Crippen molar-refractivity contribution in [3.8, 4) is 11.5 Å². The second kappa shape index (κ2) is 4.41. The lowest BCUT2D eigenvalue weighted by Crippen LogP contribution is -1.91. The summed E-state index contributed by atoms with van der Waals surface area (Å²) in [6.07, 6.45) is 0. The van der Waals surface area contributed by atoms with Crippen LogP contribution in [0.15, 0.2) is 42.5 Å². The molecular weight excluding hydrogens is 229 g/mol. The van der Waals surface area contributed by atoms with E-state index >= 15 is 0 Å². The average Bonchev–Trinajstić information content (AvgIpc) is 2.22. The maximum absolute atomic E-state index is 13.4. The Morgan fingerprint density at radius 3 is 2.62 bits per heavy atom. The zero-order valence-corrected chi connectivity index (χ0v) is 9.04. The molecule has 0 amide bonds. The number of hydrogen-bond acceptors (Lipinski definition) is 2. The second-order valence-electron chi connectivity index (χ2n) is 3.25. The minimum Gasteiger partial charge on any atom is -0.454 e. The van der Waals surface area contributed by atoms with Crippen molar-refractivity contribution in [2.45, 2.75) is 0 Å². The summed E-state index contributed by atoms with van der Waals surface area (Å²) in [5.41, 5.74) is 5.79. The number of ether oxygens (including phenoxy) is 1. The van der Waals surface area contributed by atoms with Crippen LogP contribution in [0, 0.1) is 5.82 Å². The molecule has 0 aliphatic rings. The molecule has 4 heteroatoms. The van der Waals surface area contributed by atoms with Gasteiger partial charge >= 0.3 is 0 Å². The first-order valence-corrected chi connectivity index (χ1v) is 5.01. The van der Waals surface area contributed by atoms with Gasteiger partial charge in [-0.25, -0.2) is 4.39 Å². The second-order valence-corrected chi connectivity index (χ2v) is 3.69. The first kappa shape index (κ1) is 10.8. The molecule has 0 aromatic heterocycles. The third-order valence-electron chi connectivity index (χ3n) is 1.98. The van der Waals surface area contributed by atoms with Crippen molar-refractivity contribution in [1.29, 1.82) is 0 Å². The zero-order chi connectivity index (χ0) is 11.5. The lowest BCUT2D eigenvalue weighted by molar-refractivity contribution is 0.442. The molecule has 2 N–H and O–H groups in total. The first-order chi connectivity index (χ1) is 7.65. The standard InChI is InChI=1S/C12H9ClFNO/c13-8-2-1-3-10(6-8)16-12-5-4-9(15)7-11(12)14/h1-7H,15H2. The minimum atomic E-state index is -0.500. The van der Waals surface area contributed by atoms with Crippen molar-refractivity contribution in [3.63, 3.8) is 0 Å². The van der Waals surface area contributed by atoms with Gasteiger partial charge in [0.1, 0.15) is 5.75 Å². The van der Waals surface area contributed by atoms with Crippen LogP contribution in [0.2, 0.25) is 5.02 Å². The first-order valence-electron chi connectivity index (χ1n) is 4.63. The van der Waals surface area contributed by atoms with Gasteiger partial charge in [-0.1, -0.05) is 17.7 Å². The molecule has 2 aromatic rings. The van der Waals surface area contributed by atoms with Gasteiger partial charge in [0.2, 0.25) is 0 Å². The molecule has 2 rings (SSSR count). The SMILES string of the molecule is Nc1ccc(Oc2cccc(Cl)c2)c(F)c1. The Bertz CT molecular complexity index is 516. The van der Waals surface area contributed by atoms with E-state index in [2.05, 4.69) is 0 Å². The fourth-order valence-corrected chi connectivity index (χ4v) is 1.44. The van der Waals surface area contributed by atoms with Gasteiger partial charge in [0.25, 0.3) is 0 Å². The molecule has 0 heterocycles. The lowest BCUT2D eigenvalue weighted by Gasteiger charge is -2.07. The summed E-state index contributed by atoms with van der Waals surface area (Å²) in [5.74, 6) is 0.104. The van der Waals surface area contributed by atoms with E-state index < -0.39 is 5.82 Å². The Hall–Kier alpha value is -1.74. The molecule has 2 aromatic carbocycles. The number of halogens is 2. The smallest absolute Gasteiger partial charge is 0.167 e. The maximum Gasteiger partial charge on any atom is 0.167 e. The molecule has 0 spiro atoms. The molecule has 0 atom stereocenters. The number of hydrogen-bond donors (Lipinski definition) is 1. The lowest BCUT2D eigenvalue weighted by atomic mass is 10.3. The summed E-state index contributed by atoms with van der Waals surface area (Å²) < 4.78 is 18.7. The third kappa shape index (κ3) is 2.44. The Balaban J connectivity index is 2.27. The predicted octanol–water partition coefficient (Wildman–Crippen LogP) is 3.85. The van der Waals surface area contributed by atoms with Gasteiger partial charge in [0.05, 0.1) is 0 Å². The molecule has 2 nitrogen and oxygen atoms in total. The normalized spacial score (nSPS) is 10.1. The van der Waals surface area contributed by atoms with Crippen LogP contribution < -0.4 is 10.5 Å². The zero-order valence-electron chi connectivity index (χ0n) is 8.28. The van der Waals surface area contributed by atoms with E-state index in [-0.39, 0.29) is 5.75 Å². The fraction of sp³-hybridized carbons (Fsp3) is 0. The van der Waals surface area contributed by atoms with E-state index in [9.17, 15) is 4.39 Å². The summed E-state index contributed by atoms with van der Waals surface area (Å²) in [6.45, 7) is 0. The fourth-order valence-electron chi connectivity index (χ4n) is 1.26. The maximum atomic E-state index is 13.4. The largest absolute Gasteiger partial charge is 0.454 e. The highest BCUT2D eigenvalue weighted by Gasteiger charge is 2.05. The van der Waals surface area contributed by atoms with E-state index in [1.54, 1.807) is 30.3 Å². The van der Waals surface area contributed by atoms with Gasteiger partial charge in [-0.05, 0) is 30.3 Å². The molecule has 0 unspecified atom stereocenters. The van der Waals surface area contributed by atoms with Crippen molar-refractivity contribution < 1.29 is 9.13 Å². The molecule has 0 aliphatic carbocycles. The predicted molar refractivity (Wildman–Crippen MR) is 62.3 cm³/mol. The molecule has 16 heavy (non-hydrogen) atoms. The van der Waals surface area contributed by atoms with Crippen LogP contribution in [0.3, 0.4) is 0 Å². The number of nitrogens with two attached hydrogens (primary N) is 1. The van der Waals surface area contributed by atoms with Crippen molar-refractivity contribution >= 4 is 17.3 Å². The molecule has 0 aliphatic heterocycles. The number of nitrogen functional groups attached to an aromatic ring is 1. The summed E-state index contributed by atoms with van der Waals surface area (Å²) in [7, 11) is 0. The van der Waals surface area contributed by atoms with Crippen molar-refractivity contribution in [1.82, 2.24) is 0 Å². The van der Waals surface area contributed by atoms with Gasteiger partial charge in [-0.15, -0.1) is 0 Å². The van der Waals surface area contributed by atoms with Gasteiger partial charge in [-0.3, -0.25) is 0 Å². The number of anilines is 1. The average molecular weight is 238 g/mol. The van der Waals surface area contributed by atoms with E-state index in [0.29, 0.717) is 16.5 Å². The highest BCUT2D eigenvalue weighted by atomic mass is 35.5. The van der Waals surface area contributed by atoms with Crippen LogP contribution in [-0.2, 0) is 0 Å². The van der Waals surface area contributed by atoms with Crippen LogP contribution in [0.1, 0.15) is 0 Å². The van der Waals surface area contributed by atoms with Gasteiger partial charge in [-0.2, -0.15) is 0 Å². The molecule has 0 saturated heterocycles. The molecule has 82 valence electrons. The Morgan fingerprint density at radius 2 is 1.94 bits per heavy atom. The van der Waals surface area contributed by atoms with E-state index in [0.717, 1.165) is 0 Å². The summed E-state index contributed by atoms with van der Waals surface area (Å²) in [6, 6.07) is 11.0. The van der Waals surface area contributed by atoms with Crippen molar-refractivity contribution in [2.24, 2.45) is 0 Å². The number of benzene rings is 2. The van der Waals surface area contributed by atoms with E-state index in [4.69, 9.17) is 22.1 Å².